The van der Waals surface area contributed by atoms with E-state index >= 15 is 0 Å². The maximum absolute atomic E-state index is 12.2. The van der Waals surface area contributed by atoms with E-state index in [-0.39, 0.29) is 18.4 Å². The summed E-state index contributed by atoms with van der Waals surface area (Å²) in [5.74, 6) is -0.162. The predicted octanol–water partition coefficient (Wildman–Crippen LogP) is 3.82. The number of hydrogen-bond acceptors (Lipinski definition) is 3. The molecule has 154 valence electrons. The SMILES string of the molecule is O=C(NCc1ccc(N2CCCC2=O)cc1)c1ccc(COCC(F)(F)F)cc1. The number of halogens is 3. The van der Waals surface area contributed by atoms with Crippen molar-refractivity contribution < 1.29 is 27.5 Å². The third kappa shape index (κ3) is 6.05. The number of rotatable bonds is 7. The van der Waals surface area contributed by atoms with Crippen molar-refractivity contribution in [2.45, 2.75) is 32.2 Å². The van der Waals surface area contributed by atoms with E-state index in [2.05, 4.69) is 10.1 Å². The van der Waals surface area contributed by atoms with Crippen molar-refractivity contribution in [1.82, 2.24) is 5.32 Å². The highest BCUT2D eigenvalue weighted by Gasteiger charge is 2.27. The molecule has 29 heavy (non-hydrogen) atoms. The van der Waals surface area contributed by atoms with E-state index in [1.54, 1.807) is 29.2 Å². The largest absolute Gasteiger partial charge is 0.411 e. The number of hydrogen-bond donors (Lipinski definition) is 1. The first-order chi connectivity index (χ1) is 13.8. The van der Waals surface area contributed by atoms with Gasteiger partial charge in [-0.2, -0.15) is 13.2 Å². The van der Waals surface area contributed by atoms with Gasteiger partial charge in [0.1, 0.15) is 6.61 Å². The fourth-order valence-electron chi connectivity index (χ4n) is 3.04. The third-order valence-electron chi connectivity index (χ3n) is 4.53. The molecule has 0 unspecified atom stereocenters. The number of nitrogens with one attached hydrogen (secondary N) is 1. The highest BCUT2D eigenvalue weighted by Crippen LogP contribution is 2.21. The number of benzene rings is 2. The Morgan fingerprint density at radius 1 is 1.03 bits per heavy atom. The molecule has 0 aliphatic carbocycles. The van der Waals surface area contributed by atoms with Gasteiger partial charge in [-0.05, 0) is 41.8 Å². The van der Waals surface area contributed by atoms with Crippen LogP contribution in [0.5, 0.6) is 0 Å². The molecule has 0 bridgehead atoms. The summed E-state index contributed by atoms with van der Waals surface area (Å²) in [5.41, 5.74) is 2.71. The molecule has 0 saturated carbocycles. The summed E-state index contributed by atoms with van der Waals surface area (Å²) in [7, 11) is 0. The molecule has 8 heteroatoms. The second kappa shape index (κ2) is 9.09. The van der Waals surface area contributed by atoms with Gasteiger partial charge in [-0.3, -0.25) is 9.59 Å². The second-order valence-electron chi connectivity index (χ2n) is 6.80. The number of alkyl halides is 3. The van der Waals surface area contributed by atoms with Crippen LogP contribution < -0.4 is 10.2 Å². The Bertz CT molecular complexity index is 849. The average molecular weight is 406 g/mol. The lowest BCUT2D eigenvalue weighted by molar-refractivity contribution is -0.176. The zero-order valence-corrected chi connectivity index (χ0v) is 15.7. The number of carbonyl (C=O) groups is 2. The highest BCUT2D eigenvalue weighted by molar-refractivity contribution is 5.95. The van der Waals surface area contributed by atoms with E-state index in [9.17, 15) is 22.8 Å². The van der Waals surface area contributed by atoms with Crippen molar-refractivity contribution >= 4 is 17.5 Å². The van der Waals surface area contributed by atoms with Crippen LogP contribution in [0.25, 0.3) is 0 Å². The van der Waals surface area contributed by atoms with Crippen molar-refractivity contribution in [3.8, 4) is 0 Å². The molecule has 0 atom stereocenters. The van der Waals surface area contributed by atoms with Gasteiger partial charge in [-0.25, -0.2) is 0 Å². The van der Waals surface area contributed by atoms with Gasteiger partial charge in [0.05, 0.1) is 6.61 Å². The molecule has 1 heterocycles. The lowest BCUT2D eigenvalue weighted by Gasteiger charge is -2.16. The second-order valence-corrected chi connectivity index (χ2v) is 6.80. The molecule has 1 saturated heterocycles. The van der Waals surface area contributed by atoms with Crippen LogP contribution in [-0.2, 0) is 22.7 Å². The van der Waals surface area contributed by atoms with E-state index in [4.69, 9.17) is 0 Å². The Morgan fingerprint density at radius 2 is 1.69 bits per heavy atom. The topological polar surface area (TPSA) is 58.6 Å². The van der Waals surface area contributed by atoms with E-state index in [1.807, 2.05) is 24.3 Å². The summed E-state index contributed by atoms with van der Waals surface area (Å²) < 4.78 is 40.8. The lowest BCUT2D eigenvalue weighted by atomic mass is 10.1. The third-order valence-corrected chi connectivity index (χ3v) is 4.53. The zero-order valence-electron chi connectivity index (χ0n) is 15.7. The number of nitrogens with zero attached hydrogens (tertiary/aromatic N) is 1. The Hall–Kier alpha value is -2.87. The maximum atomic E-state index is 12.2. The lowest BCUT2D eigenvalue weighted by Crippen LogP contribution is -2.24. The molecule has 1 aliphatic heterocycles. The van der Waals surface area contributed by atoms with Crippen LogP contribution in [-0.4, -0.2) is 31.1 Å². The van der Waals surface area contributed by atoms with E-state index in [0.717, 1.165) is 24.2 Å². The van der Waals surface area contributed by atoms with Crippen molar-refractivity contribution in [3.63, 3.8) is 0 Å². The first-order valence-corrected chi connectivity index (χ1v) is 9.23. The minimum Gasteiger partial charge on any atom is -0.367 e. The molecule has 2 aromatic carbocycles. The first-order valence-electron chi connectivity index (χ1n) is 9.23. The van der Waals surface area contributed by atoms with Gasteiger partial charge in [0.15, 0.2) is 0 Å². The van der Waals surface area contributed by atoms with Gasteiger partial charge in [-0.15, -0.1) is 0 Å². The van der Waals surface area contributed by atoms with Gasteiger partial charge in [0.2, 0.25) is 5.91 Å². The zero-order chi connectivity index (χ0) is 20.9. The Balaban J connectivity index is 1.48. The molecule has 2 aromatic rings. The number of anilines is 1. The van der Waals surface area contributed by atoms with Crippen molar-refractivity contribution in [2.24, 2.45) is 0 Å². The standard InChI is InChI=1S/C21H21F3N2O3/c22-21(23,24)14-29-13-16-3-7-17(8-4-16)20(28)25-12-15-5-9-18(10-6-15)26-11-1-2-19(26)27/h3-10H,1-2,11-14H2,(H,25,28). The minimum atomic E-state index is -4.36. The number of amides is 2. The predicted molar refractivity (Wildman–Crippen MR) is 101 cm³/mol. The van der Waals surface area contributed by atoms with Gasteiger partial charge in [-0.1, -0.05) is 24.3 Å². The van der Waals surface area contributed by atoms with E-state index in [1.165, 1.54) is 0 Å². The maximum Gasteiger partial charge on any atom is 0.411 e. The highest BCUT2D eigenvalue weighted by atomic mass is 19.4. The molecular formula is C21H21F3N2O3. The van der Waals surface area contributed by atoms with Crippen LogP contribution >= 0.6 is 0 Å². The number of carbonyl (C=O) groups excluding carboxylic acids is 2. The van der Waals surface area contributed by atoms with Crippen LogP contribution in [0.3, 0.4) is 0 Å². The number of ether oxygens (including phenoxy) is 1. The molecule has 3 rings (SSSR count). The molecule has 0 spiro atoms. The Labute approximate surface area is 166 Å². The smallest absolute Gasteiger partial charge is 0.367 e. The van der Waals surface area contributed by atoms with Crippen molar-refractivity contribution in [2.75, 3.05) is 18.1 Å². The van der Waals surface area contributed by atoms with Crippen LogP contribution in [0.1, 0.15) is 34.3 Å². The summed E-state index contributed by atoms with van der Waals surface area (Å²) in [6, 6.07) is 13.7. The molecule has 0 aromatic heterocycles. The van der Waals surface area contributed by atoms with Gasteiger partial charge in [0, 0.05) is 30.8 Å². The summed E-state index contributed by atoms with van der Waals surface area (Å²) in [5, 5.41) is 2.80. The first kappa shape index (κ1) is 20.9. The molecule has 1 N–H and O–H groups in total. The fourth-order valence-corrected chi connectivity index (χ4v) is 3.04. The minimum absolute atomic E-state index is 0.123. The van der Waals surface area contributed by atoms with Gasteiger partial charge >= 0.3 is 6.18 Å². The molecule has 2 amide bonds. The average Bonchev–Trinajstić information content (AvgIpc) is 3.12. The molecule has 5 nitrogen and oxygen atoms in total. The molecule has 1 aliphatic rings. The van der Waals surface area contributed by atoms with Crippen molar-refractivity contribution in [3.05, 3.63) is 65.2 Å². The normalized spacial score (nSPS) is 14.3. The molecule has 1 fully saturated rings. The summed E-state index contributed by atoms with van der Waals surface area (Å²) >= 11 is 0. The van der Waals surface area contributed by atoms with Crippen LogP contribution in [0.4, 0.5) is 18.9 Å². The van der Waals surface area contributed by atoms with Crippen LogP contribution in [0.2, 0.25) is 0 Å². The molecule has 0 radical (unpaired) electrons. The summed E-state index contributed by atoms with van der Waals surface area (Å²) in [4.78, 5) is 25.8. The van der Waals surface area contributed by atoms with E-state index < -0.39 is 12.8 Å². The fraction of sp³-hybridized carbons (Fsp3) is 0.333. The Morgan fingerprint density at radius 3 is 2.28 bits per heavy atom. The molecular weight excluding hydrogens is 385 g/mol. The monoisotopic (exact) mass is 406 g/mol. The van der Waals surface area contributed by atoms with Gasteiger partial charge in [0.25, 0.3) is 5.91 Å². The summed E-state index contributed by atoms with van der Waals surface area (Å²) in [6.07, 6.45) is -2.92. The van der Waals surface area contributed by atoms with Gasteiger partial charge < -0.3 is 15.0 Å². The Kier molecular flexibility index (Phi) is 6.53. The van der Waals surface area contributed by atoms with E-state index in [0.29, 0.717) is 24.1 Å². The van der Waals surface area contributed by atoms with Crippen molar-refractivity contribution in [1.29, 1.82) is 0 Å². The quantitative estimate of drug-likeness (QED) is 0.761. The van der Waals surface area contributed by atoms with Crippen LogP contribution in [0.15, 0.2) is 48.5 Å². The summed E-state index contributed by atoms with van der Waals surface area (Å²) in [6.45, 7) is -0.428. The van der Waals surface area contributed by atoms with Crippen LogP contribution in [0, 0.1) is 0 Å².